The molecule has 1 fully saturated rings. The minimum atomic E-state index is 0.611. The second-order valence-electron chi connectivity index (χ2n) is 5.61. The van der Waals surface area contributed by atoms with Gasteiger partial charge in [0.2, 0.25) is 0 Å². The number of anilines is 1. The van der Waals surface area contributed by atoms with E-state index in [2.05, 4.69) is 54.9 Å². The van der Waals surface area contributed by atoms with E-state index in [9.17, 15) is 0 Å². The topological polar surface area (TPSA) is 19.4 Å². The molecule has 3 heteroatoms. The summed E-state index contributed by atoms with van der Waals surface area (Å²) in [6.07, 6.45) is 4.46. The Morgan fingerprint density at radius 1 is 1.44 bits per heavy atom. The highest BCUT2D eigenvalue weighted by Crippen LogP contribution is 2.23. The van der Waals surface area contributed by atoms with Crippen LogP contribution in [0.5, 0.6) is 0 Å². The third-order valence-electron chi connectivity index (χ3n) is 4.17. The Morgan fingerprint density at radius 3 is 2.72 bits per heavy atom. The van der Waals surface area contributed by atoms with Gasteiger partial charge in [0.1, 0.15) is 5.82 Å². The summed E-state index contributed by atoms with van der Waals surface area (Å²) < 4.78 is 0. The molecule has 0 N–H and O–H groups in total. The Bertz CT molecular complexity index is 372. The van der Waals surface area contributed by atoms with E-state index in [4.69, 9.17) is 0 Å². The molecule has 0 saturated carbocycles. The first kappa shape index (κ1) is 13.3. The van der Waals surface area contributed by atoms with Crippen LogP contribution in [0.25, 0.3) is 0 Å². The molecule has 2 atom stereocenters. The fraction of sp³-hybridized carbons (Fsp3) is 0.667. The van der Waals surface area contributed by atoms with Gasteiger partial charge in [-0.25, -0.2) is 4.98 Å². The van der Waals surface area contributed by atoms with E-state index in [1.54, 1.807) is 0 Å². The first-order chi connectivity index (χ1) is 8.61. The van der Waals surface area contributed by atoms with Gasteiger partial charge in [-0.1, -0.05) is 19.9 Å². The quantitative estimate of drug-likeness (QED) is 0.815. The molecule has 0 spiro atoms. The van der Waals surface area contributed by atoms with Gasteiger partial charge in [0.05, 0.1) is 0 Å². The predicted molar refractivity (Wildman–Crippen MR) is 77.2 cm³/mol. The van der Waals surface area contributed by atoms with Crippen molar-refractivity contribution >= 4 is 5.82 Å². The van der Waals surface area contributed by atoms with Gasteiger partial charge in [-0.3, -0.25) is 0 Å². The summed E-state index contributed by atoms with van der Waals surface area (Å²) in [4.78, 5) is 9.34. The number of likely N-dealkylation sites (N-methyl/N-ethyl adjacent to an activating group) is 1. The van der Waals surface area contributed by atoms with Crippen LogP contribution in [0.15, 0.2) is 18.3 Å². The summed E-state index contributed by atoms with van der Waals surface area (Å²) in [7, 11) is 4.32. The van der Waals surface area contributed by atoms with Crippen LogP contribution in [-0.4, -0.2) is 43.1 Å². The number of rotatable bonds is 4. The maximum absolute atomic E-state index is 4.63. The van der Waals surface area contributed by atoms with Gasteiger partial charge in [-0.2, -0.15) is 0 Å². The standard InChI is InChI=1S/C15H25N3/c1-5-12(2)13-6-7-15(16-10-13)18-9-8-14(11-18)17(3)4/h6-7,10,12,14H,5,8-9,11H2,1-4H3/t12-,14-/m0/s1. The molecule has 1 aromatic rings. The molecule has 3 nitrogen and oxygen atoms in total. The minimum absolute atomic E-state index is 0.611. The zero-order valence-electron chi connectivity index (χ0n) is 12.1. The van der Waals surface area contributed by atoms with Crippen LogP contribution < -0.4 is 4.90 Å². The Labute approximate surface area is 111 Å². The molecule has 1 aliphatic rings. The summed E-state index contributed by atoms with van der Waals surface area (Å²) in [5, 5.41) is 0. The molecule has 0 aliphatic carbocycles. The van der Waals surface area contributed by atoms with Crippen LogP contribution in [0.3, 0.4) is 0 Å². The van der Waals surface area contributed by atoms with E-state index >= 15 is 0 Å². The number of pyridine rings is 1. The van der Waals surface area contributed by atoms with E-state index < -0.39 is 0 Å². The third kappa shape index (κ3) is 2.83. The summed E-state index contributed by atoms with van der Waals surface area (Å²) in [6.45, 7) is 6.70. The SMILES string of the molecule is CC[C@H](C)c1ccc(N2CC[C@H](N(C)C)C2)nc1. The van der Waals surface area contributed by atoms with Crippen LogP contribution >= 0.6 is 0 Å². The zero-order valence-corrected chi connectivity index (χ0v) is 12.1. The zero-order chi connectivity index (χ0) is 13.1. The summed E-state index contributed by atoms with van der Waals surface area (Å²) in [5.41, 5.74) is 1.35. The molecular weight excluding hydrogens is 222 g/mol. The number of aromatic nitrogens is 1. The van der Waals surface area contributed by atoms with Crippen LogP contribution in [0.2, 0.25) is 0 Å². The van der Waals surface area contributed by atoms with Gasteiger partial charge in [-0.15, -0.1) is 0 Å². The van der Waals surface area contributed by atoms with Crippen LogP contribution in [0.4, 0.5) is 5.82 Å². The van der Waals surface area contributed by atoms with Crippen LogP contribution in [0.1, 0.15) is 38.2 Å². The average Bonchev–Trinajstić information content (AvgIpc) is 2.88. The highest BCUT2D eigenvalue weighted by molar-refractivity contribution is 5.41. The smallest absolute Gasteiger partial charge is 0.128 e. The fourth-order valence-corrected chi connectivity index (χ4v) is 2.48. The maximum Gasteiger partial charge on any atom is 0.128 e. The molecule has 1 aromatic heterocycles. The van der Waals surface area contributed by atoms with Crippen molar-refractivity contribution in [1.82, 2.24) is 9.88 Å². The fourth-order valence-electron chi connectivity index (χ4n) is 2.48. The van der Waals surface area contributed by atoms with Crippen molar-refractivity contribution < 1.29 is 0 Å². The van der Waals surface area contributed by atoms with Crippen molar-refractivity contribution in [1.29, 1.82) is 0 Å². The van der Waals surface area contributed by atoms with Crippen molar-refractivity contribution in [2.75, 3.05) is 32.1 Å². The Balaban J connectivity index is 2.02. The van der Waals surface area contributed by atoms with Gasteiger partial charge in [0.15, 0.2) is 0 Å². The second kappa shape index (κ2) is 5.70. The molecule has 0 unspecified atom stereocenters. The lowest BCUT2D eigenvalue weighted by molar-refractivity contribution is 0.315. The van der Waals surface area contributed by atoms with Gasteiger partial charge in [-0.05, 0) is 44.5 Å². The minimum Gasteiger partial charge on any atom is -0.355 e. The average molecular weight is 247 g/mol. The van der Waals surface area contributed by atoms with Crippen molar-refractivity contribution in [3.63, 3.8) is 0 Å². The first-order valence-corrected chi connectivity index (χ1v) is 6.99. The molecule has 0 bridgehead atoms. The Hall–Kier alpha value is -1.09. The normalized spacial score (nSPS) is 21.6. The van der Waals surface area contributed by atoms with E-state index in [-0.39, 0.29) is 0 Å². The molecule has 100 valence electrons. The van der Waals surface area contributed by atoms with Crippen LogP contribution in [0, 0.1) is 0 Å². The molecule has 0 aromatic carbocycles. The van der Waals surface area contributed by atoms with E-state index in [0.717, 1.165) is 18.9 Å². The largest absolute Gasteiger partial charge is 0.355 e. The molecule has 1 aliphatic heterocycles. The molecule has 18 heavy (non-hydrogen) atoms. The lowest BCUT2D eigenvalue weighted by Gasteiger charge is -2.21. The van der Waals surface area contributed by atoms with Crippen molar-refractivity contribution in [2.45, 2.75) is 38.6 Å². The number of hydrogen-bond donors (Lipinski definition) is 0. The lowest BCUT2D eigenvalue weighted by Crippen LogP contribution is -2.31. The van der Waals surface area contributed by atoms with Gasteiger partial charge >= 0.3 is 0 Å². The molecule has 1 saturated heterocycles. The Kier molecular flexibility index (Phi) is 4.23. The van der Waals surface area contributed by atoms with Gasteiger partial charge in [0.25, 0.3) is 0 Å². The molecule has 0 amide bonds. The monoisotopic (exact) mass is 247 g/mol. The van der Waals surface area contributed by atoms with E-state index in [0.29, 0.717) is 12.0 Å². The third-order valence-corrected chi connectivity index (χ3v) is 4.17. The Morgan fingerprint density at radius 2 is 2.22 bits per heavy atom. The summed E-state index contributed by atoms with van der Waals surface area (Å²) in [6, 6.07) is 5.08. The van der Waals surface area contributed by atoms with E-state index in [1.165, 1.54) is 18.4 Å². The van der Waals surface area contributed by atoms with Crippen molar-refractivity contribution in [3.8, 4) is 0 Å². The molecule has 2 rings (SSSR count). The molecule has 2 heterocycles. The van der Waals surface area contributed by atoms with E-state index in [1.807, 2.05) is 6.20 Å². The highest BCUT2D eigenvalue weighted by atomic mass is 15.3. The summed E-state index contributed by atoms with van der Waals surface area (Å²) in [5.74, 6) is 1.74. The lowest BCUT2D eigenvalue weighted by atomic mass is 10.0. The van der Waals surface area contributed by atoms with Gasteiger partial charge in [0, 0.05) is 25.3 Å². The first-order valence-electron chi connectivity index (χ1n) is 6.99. The highest BCUT2D eigenvalue weighted by Gasteiger charge is 2.24. The number of nitrogens with zero attached hydrogens (tertiary/aromatic N) is 3. The van der Waals surface area contributed by atoms with Crippen molar-refractivity contribution in [2.24, 2.45) is 0 Å². The molecular formula is C15H25N3. The summed E-state index contributed by atoms with van der Waals surface area (Å²) >= 11 is 0. The predicted octanol–water partition coefficient (Wildman–Crippen LogP) is 2.74. The number of hydrogen-bond acceptors (Lipinski definition) is 3. The maximum atomic E-state index is 4.63. The molecule has 0 radical (unpaired) electrons. The van der Waals surface area contributed by atoms with Gasteiger partial charge < -0.3 is 9.80 Å². The van der Waals surface area contributed by atoms with Crippen molar-refractivity contribution in [3.05, 3.63) is 23.9 Å². The van der Waals surface area contributed by atoms with Crippen LogP contribution in [-0.2, 0) is 0 Å². The second-order valence-corrected chi connectivity index (χ2v) is 5.61.